The predicted octanol–water partition coefficient (Wildman–Crippen LogP) is 6.87. The van der Waals surface area contributed by atoms with E-state index in [1.807, 2.05) is 43.3 Å². The van der Waals surface area contributed by atoms with Gasteiger partial charge < -0.3 is 38.8 Å². The minimum absolute atomic E-state index is 0.0331. The molecule has 4 atom stereocenters. The first kappa shape index (κ1) is 42.6. The van der Waals surface area contributed by atoms with Gasteiger partial charge in [-0.25, -0.2) is 0 Å². The molecule has 0 bridgehead atoms. The number of benzene rings is 3. The molecule has 3 aromatic carbocycles. The van der Waals surface area contributed by atoms with Crippen LogP contribution in [0.5, 0.6) is 17.2 Å². The fourth-order valence-corrected chi connectivity index (χ4v) is 8.11. The van der Waals surface area contributed by atoms with Crippen LogP contribution in [0.2, 0.25) is 10.0 Å². The van der Waals surface area contributed by atoms with Gasteiger partial charge in [-0.1, -0.05) is 41.4 Å². The maximum Gasteiger partial charge on any atom is 0.309 e. The normalized spacial score (nSPS) is 20.0. The summed E-state index contributed by atoms with van der Waals surface area (Å²) in [6.45, 7) is 5.25. The average Bonchev–Trinajstić information content (AvgIpc) is 4.14. The molecule has 0 unspecified atom stereocenters. The molecule has 1 aliphatic heterocycles. The van der Waals surface area contributed by atoms with Crippen LogP contribution in [-0.4, -0.2) is 101 Å². The van der Waals surface area contributed by atoms with Gasteiger partial charge in [0.1, 0.15) is 24.7 Å². The summed E-state index contributed by atoms with van der Waals surface area (Å²) in [6, 6.07) is 18.1. The van der Waals surface area contributed by atoms with Crippen molar-refractivity contribution in [3.05, 3.63) is 86.9 Å². The summed E-state index contributed by atoms with van der Waals surface area (Å²) >= 11 is 12.6. The standard InChI is InChI=1S/C44H55Cl2N3O8/c1-28-18-39(45)42(40(46)19-28)55-17-16-54-34-11-7-31(8-12-34)36-13-14-47-24-38(36)43(51)49(33-9-10-33)25-30-20-29(6-5-15-53-4)21-35(22-30)56-26-32-23-37(32)44(52)57-27-41(50)48(2)3/h7-8,11-12,18-22,32-33,36-38,47H,5-6,9-10,13-17,23-27H2,1-4H3/t32-,36-,37+,38+/m1/s1. The Morgan fingerprint density at radius 1 is 0.842 bits per heavy atom. The van der Waals surface area contributed by atoms with Crippen molar-refractivity contribution in [2.75, 3.05) is 67.3 Å². The number of methoxy groups -OCH3 is 1. The highest BCUT2D eigenvalue weighted by molar-refractivity contribution is 6.37. The van der Waals surface area contributed by atoms with Crippen molar-refractivity contribution in [3.8, 4) is 17.2 Å². The number of aryl methyl sites for hydroxylation is 2. The van der Waals surface area contributed by atoms with Gasteiger partial charge in [-0.3, -0.25) is 14.4 Å². The number of rotatable bonds is 20. The summed E-state index contributed by atoms with van der Waals surface area (Å²) in [4.78, 5) is 42.4. The van der Waals surface area contributed by atoms with Crippen molar-refractivity contribution in [3.63, 3.8) is 0 Å². The lowest BCUT2D eigenvalue weighted by molar-refractivity contribution is -0.152. The van der Waals surface area contributed by atoms with E-state index in [0.29, 0.717) is 55.1 Å². The number of carbonyl (C=O) groups is 3. The van der Waals surface area contributed by atoms with Crippen LogP contribution in [0.25, 0.3) is 0 Å². The fraction of sp³-hybridized carbons (Fsp3) is 0.523. The van der Waals surface area contributed by atoms with Crippen LogP contribution in [-0.2, 0) is 36.8 Å². The van der Waals surface area contributed by atoms with Crippen molar-refractivity contribution in [1.29, 1.82) is 0 Å². The highest BCUT2D eigenvalue weighted by Crippen LogP contribution is 2.41. The largest absolute Gasteiger partial charge is 0.493 e. The molecule has 1 saturated heterocycles. The molecule has 0 spiro atoms. The van der Waals surface area contributed by atoms with Crippen molar-refractivity contribution in [1.82, 2.24) is 15.1 Å². The molecule has 0 aromatic heterocycles. The van der Waals surface area contributed by atoms with Gasteiger partial charge in [-0.15, -0.1) is 0 Å². The highest BCUT2D eigenvalue weighted by Gasteiger charge is 2.45. The van der Waals surface area contributed by atoms with Gasteiger partial charge in [0.2, 0.25) is 5.91 Å². The molecule has 1 heterocycles. The maximum absolute atomic E-state index is 14.5. The van der Waals surface area contributed by atoms with Crippen LogP contribution in [0.1, 0.15) is 60.3 Å². The van der Waals surface area contributed by atoms with Gasteiger partial charge in [0.25, 0.3) is 5.91 Å². The van der Waals surface area contributed by atoms with E-state index < -0.39 is 0 Å². The van der Waals surface area contributed by atoms with E-state index >= 15 is 0 Å². The lowest BCUT2D eigenvalue weighted by atomic mass is 9.80. The van der Waals surface area contributed by atoms with Crippen molar-refractivity contribution in [2.24, 2.45) is 17.8 Å². The number of esters is 1. The third-order valence-corrected chi connectivity index (χ3v) is 11.4. The minimum atomic E-state index is -0.358. The first-order chi connectivity index (χ1) is 27.5. The SMILES string of the molecule is COCCCc1cc(CN(C(=O)[C@H]2CNCC[C@@H]2c2ccc(OCCOc3c(Cl)cc(C)cc3Cl)cc2)C2CC2)cc(OC[C@H]2C[C@@H]2C(=O)OCC(=O)N(C)C)c1. The van der Waals surface area contributed by atoms with E-state index in [4.69, 9.17) is 46.9 Å². The zero-order valence-corrected chi connectivity index (χ0v) is 34.9. The second-order valence-corrected chi connectivity index (χ2v) is 16.4. The molecule has 1 N–H and O–H groups in total. The molecule has 2 saturated carbocycles. The van der Waals surface area contributed by atoms with Crippen molar-refractivity contribution >= 4 is 41.0 Å². The van der Waals surface area contributed by atoms with Gasteiger partial charge in [0.15, 0.2) is 12.4 Å². The number of hydrogen-bond acceptors (Lipinski definition) is 9. The smallest absolute Gasteiger partial charge is 0.309 e. The molecule has 3 aromatic rings. The van der Waals surface area contributed by atoms with E-state index in [1.165, 1.54) is 4.90 Å². The lowest BCUT2D eigenvalue weighted by Crippen LogP contribution is -2.47. The van der Waals surface area contributed by atoms with Crippen molar-refractivity contribution in [2.45, 2.75) is 64.0 Å². The Balaban J connectivity index is 1.07. The topological polar surface area (TPSA) is 116 Å². The molecule has 2 aliphatic carbocycles. The Morgan fingerprint density at radius 3 is 2.26 bits per heavy atom. The molecule has 3 fully saturated rings. The molecular weight excluding hydrogens is 769 g/mol. The Morgan fingerprint density at radius 2 is 1.56 bits per heavy atom. The van der Waals surface area contributed by atoms with Gasteiger partial charge in [-0.2, -0.15) is 0 Å². The third-order valence-electron chi connectivity index (χ3n) is 10.8. The van der Waals surface area contributed by atoms with Gasteiger partial charge >= 0.3 is 5.97 Å². The molecule has 3 aliphatic rings. The van der Waals surface area contributed by atoms with Crippen LogP contribution < -0.4 is 19.5 Å². The molecular formula is C44H55Cl2N3O8. The Hall–Kier alpha value is -4.03. The molecule has 13 heteroatoms. The Labute approximate surface area is 346 Å². The first-order valence-electron chi connectivity index (χ1n) is 19.9. The number of hydrogen-bond donors (Lipinski definition) is 1. The summed E-state index contributed by atoms with van der Waals surface area (Å²) in [7, 11) is 4.96. The maximum atomic E-state index is 14.5. The quantitative estimate of drug-likeness (QED) is 0.0964. The lowest BCUT2D eigenvalue weighted by Gasteiger charge is -2.36. The van der Waals surface area contributed by atoms with E-state index in [0.717, 1.165) is 72.4 Å². The number of carbonyl (C=O) groups excluding carboxylic acids is 3. The van der Waals surface area contributed by atoms with E-state index in [-0.39, 0.29) is 60.7 Å². The number of nitrogens with one attached hydrogen (secondary N) is 1. The summed E-state index contributed by atoms with van der Waals surface area (Å²) in [5.41, 5.74) is 4.22. The third kappa shape index (κ3) is 12.0. The second kappa shape index (κ2) is 20.1. The Kier molecular flexibility index (Phi) is 15.0. The fourth-order valence-electron chi connectivity index (χ4n) is 7.40. The predicted molar refractivity (Wildman–Crippen MR) is 219 cm³/mol. The van der Waals surface area contributed by atoms with Crippen LogP contribution in [0.15, 0.2) is 54.6 Å². The summed E-state index contributed by atoms with van der Waals surface area (Å²) in [5.74, 6) is 1.08. The molecule has 2 amide bonds. The average molecular weight is 825 g/mol. The van der Waals surface area contributed by atoms with Crippen LogP contribution in [0.4, 0.5) is 0 Å². The van der Waals surface area contributed by atoms with Gasteiger partial charge in [0, 0.05) is 52.9 Å². The molecule has 6 rings (SSSR count). The summed E-state index contributed by atoms with van der Waals surface area (Å²) in [6.07, 6.45) is 5.17. The highest BCUT2D eigenvalue weighted by atomic mass is 35.5. The molecule has 308 valence electrons. The van der Waals surface area contributed by atoms with Crippen molar-refractivity contribution < 1.29 is 38.1 Å². The number of piperidine rings is 1. The zero-order chi connectivity index (χ0) is 40.5. The summed E-state index contributed by atoms with van der Waals surface area (Å²) in [5, 5.41) is 4.43. The number of nitrogens with zero attached hydrogens (tertiary/aromatic N) is 2. The number of halogens is 2. The monoisotopic (exact) mass is 823 g/mol. The van der Waals surface area contributed by atoms with Crippen LogP contribution >= 0.6 is 23.2 Å². The van der Waals surface area contributed by atoms with E-state index in [9.17, 15) is 14.4 Å². The van der Waals surface area contributed by atoms with Gasteiger partial charge in [0.05, 0.1) is 28.5 Å². The molecule has 0 radical (unpaired) electrons. The number of amides is 2. The minimum Gasteiger partial charge on any atom is -0.493 e. The first-order valence-corrected chi connectivity index (χ1v) is 20.7. The summed E-state index contributed by atoms with van der Waals surface area (Å²) < 4.78 is 28.6. The van der Waals surface area contributed by atoms with Crippen LogP contribution in [0, 0.1) is 24.7 Å². The van der Waals surface area contributed by atoms with E-state index in [2.05, 4.69) is 28.4 Å². The van der Waals surface area contributed by atoms with Crippen LogP contribution in [0.3, 0.4) is 0 Å². The number of likely N-dealkylation sites (N-methyl/N-ethyl adjacent to an activating group) is 1. The van der Waals surface area contributed by atoms with Gasteiger partial charge in [-0.05, 0) is 117 Å². The Bertz CT molecular complexity index is 1830. The molecule has 57 heavy (non-hydrogen) atoms. The zero-order valence-electron chi connectivity index (χ0n) is 33.4. The van der Waals surface area contributed by atoms with E-state index in [1.54, 1.807) is 21.2 Å². The molecule has 11 nitrogen and oxygen atoms in total. The number of ether oxygens (including phenoxy) is 5. The second-order valence-electron chi connectivity index (χ2n) is 15.6.